The monoisotopic (exact) mass is 280 g/mol. The molecule has 0 saturated carbocycles. The number of benzene rings is 1. The maximum absolute atomic E-state index is 13.1. The van der Waals surface area contributed by atoms with Crippen molar-refractivity contribution in [3.8, 4) is 0 Å². The molecule has 1 N–H and O–H groups in total. The van der Waals surface area contributed by atoms with E-state index in [-0.39, 0.29) is 5.82 Å². The van der Waals surface area contributed by atoms with Crippen molar-refractivity contribution in [2.24, 2.45) is 5.92 Å². The third kappa shape index (κ3) is 4.88. The number of hydrogen-bond donors (Lipinski definition) is 1. The lowest BCUT2D eigenvalue weighted by Crippen LogP contribution is -2.42. The van der Waals surface area contributed by atoms with Crippen molar-refractivity contribution in [2.75, 3.05) is 20.6 Å². The van der Waals surface area contributed by atoms with Crippen molar-refractivity contribution in [1.82, 2.24) is 10.2 Å². The first-order chi connectivity index (χ1) is 9.49. The number of likely N-dealkylation sites (N-methyl/N-ethyl adjacent to an activating group) is 1. The number of nitrogens with zero attached hydrogens (tertiary/aromatic N) is 1. The standard InChI is InChI=1S/C17H29FN2/c1-6-14(7-2)17(20(4)5)12-19-11-15-8-9-16(18)10-13(15)3/h8-10,14,17,19H,6-7,11-12H2,1-5H3. The number of aryl methyl sites for hydroxylation is 1. The van der Waals surface area contributed by atoms with Crippen LogP contribution in [0.1, 0.15) is 37.8 Å². The molecular weight excluding hydrogens is 251 g/mol. The minimum absolute atomic E-state index is 0.158. The van der Waals surface area contributed by atoms with E-state index in [2.05, 4.69) is 38.2 Å². The highest BCUT2D eigenvalue weighted by Gasteiger charge is 2.19. The lowest BCUT2D eigenvalue weighted by Gasteiger charge is -2.31. The molecule has 0 amide bonds. The van der Waals surface area contributed by atoms with Gasteiger partial charge in [-0.2, -0.15) is 0 Å². The first-order valence-electron chi connectivity index (χ1n) is 7.61. The fourth-order valence-electron chi connectivity index (χ4n) is 2.82. The third-order valence-electron chi connectivity index (χ3n) is 4.23. The lowest BCUT2D eigenvalue weighted by atomic mass is 9.93. The van der Waals surface area contributed by atoms with E-state index in [1.54, 1.807) is 6.07 Å². The first kappa shape index (κ1) is 17.1. The molecule has 3 heteroatoms. The highest BCUT2D eigenvalue weighted by atomic mass is 19.1. The summed E-state index contributed by atoms with van der Waals surface area (Å²) in [6, 6.07) is 5.56. The van der Waals surface area contributed by atoms with E-state index in [1.807, 2.05) is 13.0 Å². The van der Waals surface area contributed by atoms with Gasteiger partial charge in [-0.15, -0.1) is 0 Å². The van der Waals surface area contributed by atoms with E-state index < -0.39 is 0 Å². The van der Waals surface area contributed by atoms with Gasteiger partial charge in [-0.05, 0) is 50.2 Å². The van der Waals surface area contributed by atoms with Crippen molar-refractivity contribution < 1.29 is 4.39 Å². The summed E-state index contributed by atoms with van der Waals surface area (Å²) in [6.45, 7) is 8.25. The van der Waals surface area contributed by atoms with E-state index in [0.29, 0.717) is 12.0 Å². The second-order valence-corrected chi connectivity index (χ2v) is 5.81. The second-order valence-electron chi connectivity index (χ2n) is 5.81. The zero-order valence-electron chi connectivity index (χ0n) is 13.5. The highest BCUT2D eigenvalue weighted by Crippen LogP contribution is 2.17. The summed E-state index contributed by atoms with van der Waals surface area (Å²) in [5.41, 5.74) is 2.19. The number of hydrogen-bond acceptors (Lipinski definition) is 2. The van der Waals surface area contributed by atoms with E-state index >= 15 is 0 Å². The Morgan fingerprint density at radius 1 is 1.20 bits per heavy atom. The van der Waals surface area contributed by atoms with Crippen LogP contribution in [0, 0.1) is 18.7 Å². The van der Waals surface area contributed by atoms with Gasteiger partial charge in [-0.1, -0.05) is 32.8 Å². The zero-order chi connectivity index (χ0) is 15.1. The van der Waals surface area contributed by atoms with Gasteiger partial charge in [0.2, 0.25) is 0 Å². The summed E-state index contributed by atoms with van der Waals surface area (Å²) < 4.78 is 13.1. The molecule has 0 aromatic heterocycles. The zero-order valence-corrected chi connectivity index (χ0v) is 13.5. The molecule has 20 heavy (non-hydrogen) atoms. The molecule has 1 aromatic rings. The Bertz CT molecular complexity index is 400. The van der Waals surface area contributed by atoms with Crippen LogP contribution >= 0.6 is 0 Å². The van der Waals surface area contributed by atoms with Gasteiger partial charge in [0, 0.05) is 19.1 Å². The SMILES string of the molecule is CCC(CC)C(CNCc1ccc(F)cc1C)N(C)C. The number of halogens is 1. The van der Waals surface area contributed by atoms with E-state index in [4.69, 9.17) is 0 Å². The summed E-state index contributed by atoms with van der Waals surface area (Å²) in [5.74, 6) is 0.557. The van der Waals surface area contributed by atoms with Crippen LogP contribution in [0.5, 0.6) is 0 Å². The second kappa shape index (κ2) is 8.38. The van der Waals surface area contributed by atoms with Crippen LogP contribution in [0.2, 0.25) is 0 Å². The molecule has 0 heterocycles. The fourth-order valence-corrected chi connectivity index (χ4v) is 2.82. The van der Waals surface area contributed by atoms with Crippen LogP contribution < -0.4 is 5.32 Å². The molecule has 0 radical (unpaired) electrons. The fraction of sp³-hybridized carbons (Fsp3) is 0.647. The van der Waals surface area contributed by atoms with Gasteiger partial charge in [0.15, 0.2) is 0 Å². The molecule has 0 spiro atoms. The van der Waals surface area contributed by atoms with Crippen molar-refractivity contribution >= 4 is 0 Å². The van der Waals surface area contributed by atoms with Crippen LogP contribution in [0.25, 0.3) is 0 Å². The maximum atomic E-state index is 13.1. The Morgan fingerprint density at radius 3 is 2.35 bits per heavy atom. The summed E-state index contributed by atoms with van der Waals surface area (Å²) >= 11 is 0. The van der Waals surface area contributed by atoms with E-state index in [9.17, 15) is 4.39 Å². The van der Waals surface area contributed by atoms with Crippen molar-refractivity contribution in [2.45, 2.75) is 46.2 Å². The van der Waals surface area contributed by atoms with Crippen LogP contribution in [-0.4, -0.2) is 31.6 Å². The number of rotatable bonds is 8. The minimum Gasteiger partial charge on any atom is -0.311 e. The minimum atomic E-state index is -0.158. The van der Waals surface area contributed by atoms with Crippen LogP contribution in [0.3, 0.4) is 0 Å². The van der Waals surface area contributed by atoms with Crippen molar-refractivity contribution in [3.63, 3.8) is 0 Å². The third-order valence-corrected chi connectivity index (χ3v) is 4.23. The van der Waals surface area contributed by atoms with Gasteiger partial charge < -0.3 is 10.2 Å². The molecule has 0 aliphatic rings. The van der Waals surface area contributed by atoms with Crippen LogP contribution in [0.4, 0.5) is 4.39 Å². The topological polar surface area (TPSA) is 15.3 Å². The Kier molecular flexibility index (Phi) is 7.17. The summed E-state index contributed by atoms with van der Waals surface area (Å²) in [6.07, 6.45) is 2.41. The molecular formula is C17H29FN2. The normalized spacial score (nSPS) is 13.2. The molecule has 1 atom stereocenters. The predicted octanol–water partition coefficient (Wildman–Crippen LogP) is 3.59. The Hall–Kier alpha value is -0.930. The van der Waals surface area contributed by atoms with Gasteiger partial charge in [0.05, 0.1) is 0 Å². The Morgan fingerprint density at radius 2 is 1.85 bits per heavy atom. The van der Waals surface area contributed by atoms with Crippen LogP contribution in [-0.2, 0) is 6.54 Å². The highest BCUT2D eigenvalue weighted by molar-refractivity contribution is 5.26. The van der Waals surface area contributed by atoms with Crippen molar-refractivity contribution in [1.29, 1.82) is 0 Å². The molecule has 1 unspecified atom stereocenters. The molecule has 1 rings (SSSR count). The molecule has 0 aliphatic heterocycles. The lowest BCUT2D eigenvalue weighted by molar-refractivity contribution is 0.194. The molecule has 0 bridgehead atoms. The molecule has 1 aromatic carbocycles. The van der Waals surface area contributed by atoms with Gasteiger partial charge in [0.1, 0.15) is 5.82 Å². The molecule has 0 aliphatic carbocycles. The smallest absolute Gasteiger partial charge is 0.123 e. The average Bonchev–Trinajstić information content (AvgIpc) is 2.40. The predicted molar refractivity (Wildman–Crippen MR) is 84.4 cm³/mol. The molecule has 2 nitrogen and oxygen atoms in total. The summed E-state index contributed by atoms with van der Waals surface area (Å²) in [7, 11) is 4.29. The quantitative estimate of drug-likeness (QED) is 0.783. The first-order valence-corrected chi connectivity index (χ1v) is 7.61. The van der Waals surface area contributed by atoms with Gasteiger partial charge in [0.25, 0.3) is 0 Å². The van der Waals surface area contributed by atoms with Crippen molar-refractivity contribution in [3.05, 3.63) is 35.1 Å². The number of nitrogens with one attached hydrogen (secondary N) is 1. The molecule has 0 fully saturated rings. The van der Waals surface area contributed by atoms with E-state index in [1.165, 1.54) is 24.5 Å². The Balaban J connectivity index is 2.56. The molecule has 114 valence electrons. The van der Waals surface area contributed by atoms with Gasteiger partial charge in [-0.25, -0.2) is 4.39 Å². The van der Waals surface area contributed by atoms with Gasteiger partial charge >= 0.3 is 0 Å². The summed E-state index contributed by atoms with van der Waals surface area (Å²) in [5, 5.41) is 3.53. The summed E-state index contributed by atoms with van der Waals surface area (Å²) in [4.78, 5) is 2.31. The Labute approximate surface area is 123 Å². The van der Waals surface area contributed by atoms with Gasteiger partial charge in [-0.3, -0.25) is 0 Å². The maximum Gasteiger partial charge on any atom is 0.123 e. The van der Waals surface area contributed by atoms with E-state index in [0.717, 1.165) is 18.7 Å². The largest absolute Gasteiger partial charge is 0.311 e. The molecule has 0 saturated heterocycles. The average molecular weight is 280 g/mol. The van der Waals surface area contributed by atoms with Crippen LogP contribution in [0.15, 0.2) is 18.2 Å².